The van der Waals surface area contributed by atoms with Gasteiger partial charge in [0, 0.05) is 39.3 Å². The maximum atomic E-state index is 13.0. The molecule has 3 rings (SSSR count). The molecule has 140 valence electrons. The lowest BCUT2D eigenvalue weighted by Crippen LogP contribution is -2.52. The predicted octanol–water partition coefficient (Wildman–Crippen LogP) is 0.466. The number of aromatic nitrogens is 1. The third kappa shape index (κ3) is 3.58. The van der Waals surface area contributed by atoms with Gasteiger partial charge in [-0.3, -0.25) is 4.79 Å². The van der Waals surface area contributed by atoms with Crippen molar-refractivity contribution in [3.05, 3.63) is 11.5 Å². The van der Waals surface area contributed by atoms with E-state index in [4.69, 9.17) is 4.52 Å². The molecule has 0 N–H and O–H groups in total. The van der Waals surface area contributed by atoms with Gasteiger partial charge in [-0.1, -0.05) is 5.16 Å². The number of hydrogen-bond acceptors (Lipinski definition) is 6. The van der Waals surface area contributed by atoms with E-state index in [0.717, 1.165) is 19.5 Å². The highest BCUT2D eigenvalue weighted by Crippen LogP contribution is 2.28. The molecule has 0 aliphatic carbocycles. The average Bonchev–Trinajstić information content (AvgIpc) is 2.94. The molecule has 25 heavy (non-hydrogen) atoms. The summed E-state index contributed by atoms with van der Waals surface area (Å²) in [6.07, 6.45) is 1.42. The predicted molar refractivity (Wildman–Crippen MR) is 91.5 cm³/mol. The summed E-state index contributed by atoms with van der Waals surface area (Å²) in [5, 5.41) is 3.75. The van der Waals surface area contributed by atoms with Crippen molar-refractivity contribution in [1.29, 1.82) is 0 Å². The summed E-state index contributed by atoms with van der Waals surface area (Å²) in [4.78, 5) is 17.0. The average molecular weight is 370 g/mol. The van der Waals surface area contributed by atoms with E-state index in [1.807, 2.05) is 11.9 Å². The van der Waals surface area contributed by atoms with Crippen molar-refractivity contribution in [3.8, 4) is 0 Å². The van der Waals surface area contributed by atoms with Crippen molar-refractivity contribution in [2.45, 2.75) is 31.6 Å². The van der Waals surface area contributed by atoms with E-state index in [9.17, 15) is 13.2 Å². The molecule has 2 saturated heterocycles. The lowest BCUT2D eigenvalue weighted by molar-refractivity contribution is -0.138. The van der Waals surface area contributed by atoms with Crippen LogP contribution in [-0.2, 0) is 14.8 Å². The van der Waals surface area contributed by atoms with Crippen LogP contribution in [0.5, 0.6) is 0 Å². The van der Waals surface area contributed by atoms with Crippen LogP contribution in [-0.4, -0.2) is 79.9 Å². The van der Waals surface area contributed by atoms with E-state index in [-0.39, 0.29) is 23.3 Å². The molecule has 0 bridgehead atoms. The Labute approximate surface area is 148 Å². The topological polar surface area (TPSA) is 87.0 Å². The van der Waals surface area contributed by atoms with Crippen molar-refractivity contribution in [1.82, 2.24) is 19.3 Å². The largest absolute Gasteiger partial charge is 0.360 e. The summed E-state index contributed by atoms with van der Waals surface area (Å²) in [5.41, 5.74) is 0.366. The van der Waals surface area contributed by atoms with E-state index in [0.29, 0.717) is 37.5 Å². The Morgan fingerprint density at radius 3 is 2.44 bits per heavy atom. The van der Waals surface area contributed by atoms with Crippen molar-refractivity contribution < 1.29 is 17.7 Å². The first-order chi connectivity index (χ1) is 11.8. The normalized spacial score (nSPS) is 23.8. The standard InChI is InChI=1S/C16H26N4O4S/c1-12-15(13(2)24-17-12)25(22,23)20-6-4-5-14(11-20)16(21)19-9-7-18(3)8-10-19/h14H,4-11H2,1-3H3. The molecular weight excluding hydrogens is 344 g/mol. The van der Waals surface area contributed by atoms with Gasteiger partial charge in [0.1, 0.15) is 10.6 Å². The molecule has 1 atom stereocenters. The van der Waals surface area contributed by atoms with E-state index in [2.05, 4.69) is 10.1 Å². The Morgan fingerprint density at radius 1 is 1.16 bits per heavy atom. The lowest BCUT2D eigenvalue weighted by Gasteiger charge is -2.37. The lowest BCUT2D eigenvalue weighted by atomic mass is 9.98. The summed E-state index contributed by atoms with van der Waals surface area (Å²) >= 11 is 0. The molecule has 1 aromatic rings. The van der Waals surface area contributed by atoms with E-state index < -0.39 is 10.0 Å². The van der Waals surface area contributed by atoms with Crippen LogP contribution in [0.1, 0.15) is 24.3 Å². The number of amides is 1. The van der Waals surface area contributed by atoms with E-state index in [1.165, 1.54) is 4.31 Å². The van der Waals surface area contributed by atoms with E-state index >= 15 is 0 Å². The summed E-state index contributed by atoms with van der Waals surface area (Å²) in [7, 11) is -1.65. The molecule has 0 radical (unpaired) electrons. The first-order valence-corrected chi connectivity index (χ1v) is 10.1. The number of rotatable bonds is 3. The number of carbonyl (C=O) groups is 1. The molecule has 1 aromatic heterocycles. The van der Waals surface area contributed by atoms with Gasteiger partial charge in [-0.2, -0.15) is 4.31 Å². The van der Waals surface area contributed by atoms with Gasteiger partial charge in [-0.05, 0) is 33.7 Å². The van der Waals surface area contributed by atoms with Gasteiger partial charge < -0.3 is 14.3 Å². The maximum Gasteiger partial charge on any atom is 0.248 e. The summed E-state index contributed by atoms with van der Waals surface area (Å²) in [6.45, 7) is 7.03. The molecule has 0 saturated carbocycles. The van der Waals surface area contributed by atoms with Crippen LogP contribution in [0.15, 0.2) is 9.42 Å². The summed E-state index contributed by atoms with van der Waals surface area (Å²) < 4.78 is 32.4. The van der Waals surface area contributed by atoms with Crippen molar-refractivity contribution in [3.63, 3.8) is 0 Å². The summed E-state index contributed by atoms with van der Waals surface area (Å²) in [6, 6.07) is 0. The van der Waals surface area contributed by atoms with Crippen LogP contribution < -0.4 is 0 Å². The van der Waals surface area contributed by atoms with Gasteiger partial charge in [-0.15, -0.1) is 0 Å². The first-order valence-electron chi connectivity index (χ1n) is 8.71. The number of carbonyl (C=O) groups excluding carboxylic acids is 1. The van der Waals surface area contributed by atoms with Gasteiger partial charge in [0.05, 0.1) is 5.92 Å². The molecule has 9 heteroatoms. The zero-order valence-electron chi connectivity index (χ0n) is 15.1. The molecule has 2 fully saturated rings. The smallest absolute Gasteiger partial charge is 0.248 e. The van der Waals surface area contributed by atoms with Gasteiger partial charge >= 0.3 is 0 Å². The molecule has 2 aliphatic rings. The zero-order chi connectivity index (χ0) is 18.2. The highest BCUT2D eigenvalue weighted by molar-refractivity contribution is 7.89. The number of aryl methyl sites for hydroxylation is 2. The van der Waals surface area contributed by atoms with Crippen molar-refractivity contribution in [2.75, 3.05) is 46.3 Å². The van der Waals surface area contributed by atoms with Crippen LogP contribution in [0.25, 0.3) is 0 Å². The summed E-state index contributed by atoms with van der Waals surface area (Å²) in [5.74, 6) is 0.101. The first kappa shape index (κ1) is 18.3. The minimum Gasteiger partial charge on any atom is -0.360 e. The van der Waals surface area contributed by atoms with Crippen LogP contribution >= 0.6 is 0 Å². The Bertz CT molecular complexity index is 718. The monoisotopic (exact) mass is 370 g/mol. The second-order valence-corrected chi connectivity index (χ2v) is 8.86. The fraction of sp³-hybridized carbons (Fsp3) is 0.750. The number of hydrogen-bond donors (Lipinski definition) is 0. The minimum atomic E-state index is -3.69. The second-order valence-electron chi connectivity index (χ2n) is 6.98. The van der Waals surface area contributed by atoms with Crippen LogP contribution in [0.3, 0.4) is 0 Å². The number of piperazine rings is 1. The van der Waals surface area contributed by atoms with Crippen LogP contribution in [0.4, 0.5) is 0 Å². The van der Waals surface area contributed by atoms with Gasteiger partial charge in [0.2, 0.25) is 15.9 Å². The third-order valence-electron chi connectivity index (χ3n) is 5.11. The quantitative estimate of drug-likeness (QED) is 0.769. The second kappa shape index (κ2) is 7.05. The number of sulfonamides is 1. The Hall–Kier alpha value is -1.45. The molecule has 0 spiro atoms. The van der Waals surface area contributed by atoms with Gasteiger partial charge in [-0.25, -0.2) is 8.42 Å². The molecular formula is C16H26N4O4S. The highest BCUT2D eigenvalue weighted by atomic mass is 32.2. The number of likely N-dealkylation sites (N-methyl/N-ethyl adjacent to an activating group) is 1. The fourth-order valence-corrected chi connectivity index (χ4v) is 5.43. The molecule has 2 aliphatic heterocycles. The Kier molecular flexibility index (Phi) is 5.17. The van der Waals surface area contributed by atoms with Crippen molar-refractivity contribution in [2.24, 2.45) is 5.92 Å². The van der Waals surface area contributed by atoms with Crippen LogP contribution in [0.2, 0.25) is 0 Å². The fourth-order valence-electron chi connectivity index (χ4n) is 3.62. The number of nitrogens with zero attached hydrogens (tertiary/aromatic N) is 4. The Morgan fingerprint density at radius 2 is 1.84 bits per heavy atom. The van der Waals surface area contributed by atoms with Gasteiger partial charge in [0.15, 0.2) is 5.76 Å². The zero-order valence-corrected chi connectivity index (χ0v) is 15.9. The third-order valence-corrected chi connectivity index (χ3v) is 7.22. The van der Waals surface area contributed by atoms with E-state index in [1.54, 1.807) is 13.8 Å². The highest BCUT2D eigenvalue weighted by Gasteiger charge is 2.37. The molecule has 1 amide bonds. The maximum absolute atomic E-state index is 13.0. The molecule has 8 nitrogen and oxygen atoms in total. The molecule has 1 unspecified atom stereocenters. The number of piperidine rings is 1. The minimum absolute atomic E-state index is 0.0757. The Balaban J connectivity index is 1.74. The van der Waals surface area contributed by atoms with Crippen LogP contribution in [0, 0.1) is 19.8 Å². The molecule has 3 heterocycles. The molecule has 0 aromatic carbocycles. The van der Waals surface area contributed by atoms with Gasteiger partial charge in [0.25, 0.3) is 0 Å². The van der Waals surface area contributed by atoms with Crippen molar-refractivity contribution >= 4 is 15.9 Å². The SMILES string of the molecule is Cc1noc(C)c1S(=O)(=O)N1CCCC(C(=O)N2CCN(C)CC2)C1.